The molecule has 98 valence electrons. The Hall–Kier alpha value is -1.06. The monoisotopic (exact) mass is 247 g/mol. The molecule has 1 heterocycles. The topological polar surface area (TPSA) is 44.5 Å². The van der Waals surface area contributed by atoms with Crippen molar-refractivity contribution in [2.45, 2.75) is 38.3 Å². The molecule has 0 amide bonds. The van der Waals surface area contributed by atoms with Crippen LogP contribution in [0, 0.1) is 5.92 Å². The zero-order chi connectivity index (χ0) is 12.5. The molecule has 1 fully saturated rings. The Morgan fingerprint density at radius 3 is 3.00 bits per heavy atom. The fourth-order valence-corrected chi connectivity index (χ4v) is 2.75. The first-order chi connectivity index (χ1) is 8.79. The standard InChI is InChI=1S/C15H21NO2/c1-2-17-15(10-3-4-10)14(16)12-5-6-13-11(9-12)7-8-18-13/h5-6,9-10,14-15H,2-4,7-8,16H2,1H3. The van der Waals surface area contributed by atoms with Gasteiger partial charge >= 0.3 is 0 Å². The summed E-state index contributed by atoms with van der Waals surface area (Å²) in [6, 6.07) is 6.32. The van der Waals surface area contributed by atoms with Crippen molar-refractivity contribution in [2.24, 2.45) is 11.7 Å². The van der Waals surface area contributed by atoms with Crippen molar-refractivity contribution in [1.82, 2.24) is 0 Å². The second-order valence-electron chi connectivity index (χ2n) is 5.25. The van der Waals surface area contributed by atoms with E-state index in [0.717, 1.165) is 25.4 Å². The molecule has 2 N–H and O–H groups in total. The van der Waals surface area contributed by atoms with E-state index in [-0.39, 0.29) is 12.1 Å². The van der Waals surface area contributed by atoms with Crippen LogP contribution in [0.3, 0.4) is 0 Å². The van der Waals surface area contributed by atoms with E-state index in [0.29, 0.717) is 5.92 Å². The van der Waals surface area contributed by atoms with Crippen LogP contribution in [0.5, 0.6) is 5.75 Å². The highest BCUT2D eigenvalue weighted by Gasteiger charge is 2.36. The first kappa shape index (κ1) is 12.0. The molecule has 0 spiro atoms. The summed E-state index contributed by atoms with van der Waals surface area (Å²) in [5.41, 5.74) is 8.87. The zero-order valence-corrected chi connectivity index (χ0v) is 10.9. The van der Waals surface area contributed by atoms with E-state index in [1.165, 1.54) is 24.0 Å². The molecule has 2 atom stereocenters. The van der Waals surface area contributed by atoms with E-state index in [4.69, 9.17) is 15.2 Å². The van der Waals surface area contributed by atoms with Gasteiger partial charge in [0.1, 0.15) is 5.75 Å². The van der Waals surface area contributed by atoms with Crippen LogP contribution in [-0.4, -0.2) is 19.3 Å². The Kier molecular flexibility index (Phi) is 3.27. The summed E-state index contributed by atoms with van der Waals surface area (Å²) in [7, 11) is 0. The van der Waals surface area contributed by atoms with Crippen molar-refractivity contribution in [3.05, 3.63) is 29.3 Å². The van der Waals surface area contributed by atoms with E-state index < -0.39 is 0 Å². The van der Waals surface area contributed by atoms with Crippen LogP contribution < -0.4 is 10.5 Å². The Labute approximate surface area is 108 Å². The summed E-state index contributed by atoms with van der Waals surface area (Å²) in [5, 5.41) is 0. The molecule has 1 aliphatic carbocycles. The SMILES string of the molecule is CCOC(C1CC1)C(N)c1ccc2c(c1)CCO2. The van der Waals surface area contributed by atoms with Crippen LogP contribution in [0.25, 0.3) is 0 Å². The van der Waals surface area contributed by atoms with Crippen LogP contribution in [0.1, 0.15) is 36.9 Å². The molecule has 2 aliphatic rings. The minimum absolute atomic E-state index is 0.0108. The average Bonchev–Trinajstić information content (AvgIpc) is 3.12. The molecule has 0 radical (unpaired) electrons. The van der Waals surface area contributed by atoms with Crippen molar-refractivity contribution < 1.29 is 9.47 Å². The Morgan fingerprint density at radius 2 is 2.28 bits per heavy atom. The van der Waals surface area contributed by atoms with Crippen molar-refractivity contribution in [3.8, 4) is 5.75 Å². The molecule has 3 nitrogen and oxygen atoms in total. The summed E-state index contributed by atoms with van der Waals surface area (Å²) in [4.78, 5) is 0. The summed E-state index contributed by atoms with van der Waals surface area (Å²) < 4.78 is 11.4. The third-order valence-corrected chi connectivity index (χ3v) is 3.90. The van der Waals surface area contributed by atoms with Gasteiger partial charge in [-0.05, 0) is 42.9 Å². The molecule has 1 aliphatic heterocycles. The maximum atomic E-state index is 6.39. The number of ether oxygens (including phenoxy) is 2. The highest BCUT2D eigenvalue weighted by atomic mass is 16.5. The molecule has 3 heteroatoms. The minimum atomic E-state index is -0.0108. The first-order valence-electron chi connectivity index (χ1n) is 6.92. The quantitative estimate of drug-likeness (QED) is 0.869. The lowest BCUT2D eigenvalue weighted by molar-refractivity contribution is 0.0283. The van der Waals surface area contributed by atoms with Crippen molar-refractivity contribution in [3.63, 3.8) is 0 Å². The molecule has 2 unspecified atom stereocenters. The number of hydrogen-bond acceptors (Lipinski definition) is 3. The van der Waals surface area contributed by atoms with Gasteiger partial charge in [0, 0.05) is 13.0 Å². The minimum Gasteiger partial charge on any atom is -0.493 e. The number of fused-ring (bicyclic) bond motifs is 1. The normalized spacial score (nSPS) is 21.2. The number of rotatable bonds is 5. The summed E-state index contributed by atoms with van der Waals surface area (Å²) in [6.07, 6.45) is 3.69. The molecule has 1 aromatic carbocycles. The zero-order valence-electron chi connectivity index (χ0n) is 10.9. The maximum Gasteiger partial charge on any atom is 0.122 e. The van der Waals surface area contributed by atoms with Gasteiger partial charge in [0.15, 0.2) is 0 Å². The third-order valence-electron chi connectivity index (χ3n) is 3.90. The number of nitrogens with two attached hydrogens (primary N) is 1. The summed E-state index contributed by atoms with van der Waals surface area (Å²) in [6.45, 7) is 3.58. The van der Waals surface area contributed by atoms with Crippen LogP contribution >= 0.6 is 0 Å². The van der Waals surface area contributed by atoms with Gasteiger partial charge in [-0.3, -0.25) is 0 Å². The second kappa shape index (κ2) is 4.90. The lowest BCUT2D eigenvalue weighted by Gasteiger charge is -2.24. The maximum absolute atomic E-state index is 6.39. The Bertz CT molecular complexity index is 429. The van der Waals surface area contributed by atoms with E-state index in [9.17, 15) is 0 Å². The second-order valence-corrected chi connectivity index (χ2v) is 5.25. The molecular formula is C15H21NO2. The molecular weight excluding hydrogens is 226 g/mol. The van der Waals surface area contributed by atoms with Gasteiger partial charge in [0.25, 0.3) is 0 Å². The summed E-state index contributed by atoms with van der Waals surface area (Å²) in [5.74, 6) is 1.68. The molecule has 1 saturated carbocycles. The molecule has 1 aromatic rings. The summed E-state index contributed by atoms with van der Waals surface area (Å²) >= 11 is 0. The van der Waals surface area contributed by atoms with Crippen molar-refractivity contribution >= 4 is 0 Å². The average molecular weight is 247 g/mol. The predicted molar refractivity (Wildman–Crippen MR) is 70.7 cm³/mol. The van der Waals surface area contributed by atoms with Gasteiger partial charge in [-0.15, -0.1) is 0 Å². The Balaban J connectivity index is 1.79. The van der Waals surface area contributed by atoms with Gasteiger partial charge in [-0.2, -0.15) is 0 Å². The lowest BCUT2D eigenvalue weighted by Crippen LogP contribution is -2.31. The van der Waals surface area contributed by atoms with Crippen LogP contribution in [0.15, 0.2) is 18.2 Å². The van der Waals surface area contributed by atoms with E-state index >= 15 is 0 Å². The first-order valence-corrected chi connectivity index (χ1v) is 6.92. The van der Waals surface area contributed by atoms with E-state index in [2.05, 4.69) is 12.1 Å². The van der Waals surface area contributed by atoms with Crippen LogP contribution in [-0.2, 0) is 11.2 Å². The Morgan fingerprint density at radius 1 is 1.44 bits per heavy atom. The van der Waals surface area contributed by atoms with Crippen molar-refractivity contribution in [2.75, 3.05) is 13.2 Å². The molecule has 0 bridgehead atoms. The number of hydrogen-bond donors (Lipinski definition) is 1. The third kappa shape index (κ3) is 2.25. The number of benzene rings is 1. The van der Waals surface area contributed by atoms with Gasteiger partial charge in [0.2, 0.25) is 0 Å². The predicted octanol–water partition coefficient (Wildman–Crippen LogP) is 2.44. The smallest absolute Gasteiger partial charge is 0.122 e. The van der Waals surface area contributed by atoms with Gasteiger partial charge < -0.3 is 15.2 Å². The largest absolute Gasteiger partial charge is 0.493 e. The molecule has 0 saturated heterocycles. The lowest BCUT2D eigenvalue weighted by atomic mass is 9.96. The fraction of sp³-hybridized carbons (Fsp3) is 0.600. The van der Waals surface area contributed by atoms with E-state index in [1.54, 1.807) is 0 Å². The van der Waals surface area contributed by atoms with Gasteiger partial charge in [-0.1, -0.05) is 12.1 Å². The molecule has 3 rings (SSSR count). The van der Waals surface area contributed by atoms with Gasteiger partial charge in [-0.25, -0.2) is 0 Å². The van der Waals surface area contributed by atoms with Crippen molar-refractivity contribution in [1.29, 1.82) is 0 Å². The molecule has 18 heavy (non-hydrogen) atoms. The highest BCUT2D eigenvalue weighted by molar-refractivity contribution is 5.41. The van der Waals surface area contributed by atoms with E-state index in [1.807, 2.05) is 13.0 Å². The molecule has 0 aromatic heterocycles. The van der Waals surface area contributed by atoms with Crippen LogP contribution in [0.4, 0.5) is 0 Å². The van der Waals surface area contributed by atoms with Crippen LogP contribution in [0.2, 0.25) is 0 Å². The van der Waals surface area contributed by atoms with Gasteiger partial charge in [0.05, 0.1) is 18.8 Å². The highest BCUT2D eigenvalue weighted by Crippen LogP contribution is 2.40. The fourth-order valence-electron chi connectivity index (χ4n) is 2.75.